The van der Waals surface area contributed by atoms with Crippen LogP contribution in [0, 0.1) is 0 Å². The molecule has 2 aromatic carbocycles. The summed E-state index contributed by atoms with van der Waals surface area (Å²) in [5.41, 5.74) is 2.46. The minimum Gasteiger partial charge on any atom is -0.457 e. The Kier molecular flexibility index (Phi) is 7.43. The molecule has 3 rings (SSSR count). The number of piperazine rings is 1. The standard InChI is InChI=1S/C23H30N2O2/c1-2-23(26)27-22(21-11-7-4-8-12-21)13-14-24-15-17-25(18-16-24)19-20-9-5-3-6-10-20/h3-12,22H,2,13-19H2,1H3. The fourth-order valence-electron chi connectivity index (χ4n) is 3.52. The highest BCUT2D eigenvalue weighted by Gasteiger charge is 2.20. The minimum atomic E-state index is -0.152. The van der Waals surface area contributed by atoms with E-state index in [1.165, 1.54) is 5.56 Å². The number of rotatable bonds is 8. The number of ether oxygens (including phenoxy) is 1. The van der Waals surface area contributed by atoms with Gasteiger partial charge in [0.1, 0.15) is 6.10 Å². The Morgan fingerprint density at radius 1 is 0.926 bits per heavy atom. The maximum Gasteiger partial charge on any atom is 0.306 e. The van der Waals surface area contributed by atoms with E-state index in [2.05, 4.69) is 40.1 Å². The molecule has 0 aliphatic carbocycles. The number of benzene rings is 2. The lowest BCUT2D eigenvalue weighted by molar-refractivity contribution is -0.149. The average Bonchev–Trinajstić information content (AvgIpc) is 2.73. The van der Waals surface area contributed by atoms with Crippen molar-refractivity contribution in [3.63, 3.8) is 0 Å². The molecule has 0 saturated carbocycles. The van der Waals surface area contributed by atoms with Crippen LogP contribution in [0.15, 0.2) is 60.7 Å². The van der Waals surface area contributed by atoms with Crippen molar-refractivity contribution in [2.45, 2.75) is 32.4 Å². The first-order valence-electron chi connectivity index (χ1n) is 9.97. The van der Waals surface area contributed by atoms with Crippen LogP contribution < -0.4 is 0 Å². The molecule has 4 heteroatoms. The van der Waals surface area contributed by atoms with Gasteiger partial charge < -0.3 is 9.64 Å². The summed E-state index contributed by atoms with van der Waals surface area (Å²) >= 11 is 0. The summed E-state index contributed by atoms with van der Waals surface area (Å²) in [5.74, 6) is -0.128. The van der Waals surface area contributed by atoms with Crippen LogP contribution >= 0.6 is 0 Å². The second-order valence-electron chi connectivity index (χ2n) is 7.13. The van der Waals surface area contributed by atoms with Gasteiger partial charge in [-0.2, -0.15) is 0 Å². The maximum atomic E-state index is 11.8. The molecule has 0 bridgehead atoms. The van der Waals surface area contributed by atoms with Crippen molar-refractivity contribution in [3.05, 3.63) is 71.8 Å². The SMILES string of the molecule is CCC(=O)OC(CCN1CCN(Cc2ccccc2)CC1)c1ccccc1. The van der Waals surface area contributed by atoms with Crippen molar-refractivity contribution in [1.82, 2.24) is 9.80 Å². The summed E-state index contributed by atoms with van der Waals surface area (Å²) in [7, 11) is 0. The van der Waals surface area contributed by atoms with Gasteiger partial charge in [0.2, 0.25) is 0 Å². The molecule has 2 aromatic rings. The average molecular weight is 367 g/mol. The summed E-state index contributed by atoms with van der Waals surface area (Å²) in [6, 6.07) is 20.8. The number of hydrogen-bond donors (Lipinski definition) is 0. The number of hydrogen-bond acceptors (Lipinski definition) is 4. The van der Waals surface area contributed by atoms with Crippen LogP contribution in [-0.4, -0.2) is 48.5 Å². The lowest BCUT2D eigenvalue weighted by Gasteiger charge is -2.35. The number of nitrogens with zero attached hydrogens (tertiary/aromatic N) is 2. The Bertz CT molecular complexity index is 682. The third kappa shape index (κ3) is 6.19. The van der Waals surface area contributed by atoms with Gasteiger partial charge >= 0.3 is 5.97 Å². The normalized spacial score (nSPS) is 16.8. The quantitative estimate of drug-likeness (QED) is 0.664. The number of carbonyl (C=O) groups is 1. The van der Waals surface area contributed by atoms with Gasteiger partial charge in [0, 0.05) is 52.1 Å². The van der Waals surface area contributed by atoms with Gasteiger partial charge in [-0.15, -0.1) is 0 Å². The molecule has 1 fully saturated rings. The Labute approximate surface area is 162 Å². The predicted octanol–water partition coefficient (Wildman–Crippen LogP) is 3.89. The largest absolute Gasteiger partial charge is 0.457 e. The van der Waals surface area contributed by atoms with E-state index in [0.29, 0.717) is 6.42 Å². The van der Waals surface area contributed by atoms with Crippen molar-refractivity contribution in [2.24, 2.45) is 0 Å². The van der Waals surface area contributed by atoms with E-state index >= 15 is 0 Å². The zero-order valence-corrected chi connectivity index (χ0v) is 16.2. The molecule has 27 heavy (non-hydrogen) atoms. The van der Waals surface area contributed by atoms with Gasteiger partial charge in [0.05, 0.1) is 0 Å². The summed E-state index contributed by atoms with van der Waals surface area (Å²) < 4.78 is 5.70. The van der Waals surface area contributed by atoms with E-state index < -0.39 is 0 Å². The van der Waals surface area contributed by atoms with Crippen molar-refractivity contribution in [2.75, 3.05) is 32.7 Å². The van der Waals surface area contributed by atoms with Crippen LogP contribution in [0.4, 0.5) is 0 Å². The van der Waals surface area contributed by atoms with Crippen LogP contribution in [0.25, 0.3) is 0 Å². The molecule has 1 unspecified atom stereocenters. The highest BCUT2D eigenvalue weighted by atomic mass is 16.5. The summed E-state index contributed by atoms with van der Waals surface area (Å²) in [5, 5.41) is 0. The first kappa shape index (κ1) is 19.6. The lowest BCUT2D eigenvalue weighted by Crippen LogP contribution is -2.46. The Morgan fingerprint density at radius 2 is 1.52 bits per heavy atom. The molecule has 0 spiro atoms. The number of carbonyl (C=O) groups excluding carboxylic acids is 1. The van der Waals surface area contributed by atoms with E-state index in [4.69, 9.17) is 4.74 Å². The first-order valence-corrected chi connectivity index (χ1v) is 9.97. The molecule has 144 valence electrons. The fraction of sp³-hybridized carbons (Fsp3) is 0.435. The van der Waals surface area contributed by atoms with Crippen molar-refractivity contribution < 1.29 is 9.53 Å². The van der Waals surface area contributed by atoms with Crippen molar-refractivity contribution in [3.8, 4) is 0 Å². The van der Waals surface area contributed by atoms with Crippen LogP contribution in [-0.2, 0) is 16.1 Å². The van der Waals surface area contributed by atoms with E-state index in [1.54, 1.807) is 0 Å². The van der Waals surface area contributed by atoms with Crippen molar-refractivity contribution in [1.29, 1.82) is 0 Å². The number of esters is 1. The van der Waals surface area contributed by atoms with Gasteiger partial charge in [0.25, 0.3) is 0 Å². The highest BCUT2D eigenvalue weighted by Crippen LogP contribution is 2.22. The smallest absolute Gasteiger partial charge is 0.306 e. The van der Waals surface area contributed by atoms with E-state index in [9.17, 15) is 4.79 Å². The first-order chi connectivity index (χ1) is 13.2. The summed E-state index contributed by atoms with van der Waals surface area (Å²) in [6.07, 6.45) is 1.11. The predicted molar refractivity (Wildman–Crippen MR) is 108 cm³/mol. The lowest BCUT2D eigenvalue weighted by atomic mass is 10.1. The third-order valence-corrected chi connectivity index (χ3v) is 5.16. The van der Waals surface area contributed by atoms with Crippen LogP contribution in [0.3, 0.4) is 0 Å². The summed E-state index contributed by atoms with van der Waals surface area (Å²) in [4.78, 5) is 16.8. The topological polar surface area (TPSA) is 32.8 Å². The highest BCUT2D eigenvalue weighted by molar-refractivity contribution is 5.69. The van der Waals surface area contributed by atoms with E-state index in [1.807, 2.05) is 37.3 Å². The Balaban J connectivity index is 1.47. The molecular formula is C23H30N2O2. The minimum absolute atomic E-state index is 0.128. The van der Waals surface area contributed by atoms with Crippen molar-refractivity contribution >= 4 is 5.97 Å². The molecule has 1 aliphatic rings. The molecule has 1 atom stereocenters. The van der Waals surface area contributed by atoms with Crippen LogP contribution in [0.1, 0.15) is 37.0 Å². The van der Waals surface area contributed by atoms with E-state index in [-0.39, 0.29) is 12.1 Å². The second kappa shape index (κ2) is 10.2. The molecule has 0 N–H and O–H groups in total. The van der Waals surface area contributed by atoms with Gasteiger partial charge in [0.15, 0.2) is 0 Å². The molecule has 1 heterocycles. The van der Waals surface area contributed by atoms with Gasteiger partial charge in [-0.05, 0) is 11.1 Å². The Morgan fingerprint density at radius 3 is 2.15 bits per heavy atom. The maximum absolute atomic E-state index is 11.8. The zero-order valence-electron chi connectivity index (χ0n) is 16.2. The molecule has 0 amide bonds. The van der Waals surface area contributed by atoms with Gasteiger partial charge in [-0.25, -0.2) is 0 Å². The van der Waals surface area contributed by atoms with Crippen LogP contribution in [0.5, 0.6) is 0 Å². The molecular weight excluding hydrogens is 336 g/mol. The molecule has 4 nitrogen and oxygen atoms in total. The Hall–Kier alpha value is -2.17. The van der Waals surface area contributed by atoms with E-state index in [0.717, 1.165) is 51.3 Å². The summed E-state index contributed by atoms with van der Waals surface area (Å²) in [6.45, 7) is 8.12. The second-order valence-corrected chi connectivity index (χ2v) is 7.13. The molecule has 1 saturated heterocycles. The molecule has 0 aromatic heterocycles. The molecule has 0 radical (unpaired) electrons. The third-order valence-electron chi connectivity index (χ3n) is 5.16. The van der Waals surface area contributed by atoms with Crippen LogP contribution in [0.2, 0.25) is 0 Å². The zero-order chi connectivity index (χ0) is 18.9. The van der Waals surface area contributed by atoms with Gasteiger partial charge in [-0.1, -0.05) is 67.6 Å². The van der Waals surface area contributed by atoms with Gasteiger partial charge in [-0.3, -0.25) is 9.69 Å². The fourth-order valence-corrected chi connectivity index (χ4v) is 3.52. The molecule has 1 aliphatic heterocycles. The monoisotopic (exact) mass is 366 g/mol.